The maximum atomic E-state index is 12.4. The Morgan fingerprint density at radius 2 is 1.71 bits per heavy atom. The van der Waals surface area contributed by atoms with Crippen LogP contribution in [0, 0.1) is 5.41 Å². The van der Waals surface area contributed by atoms with Gasteiger partial charge in [0.2, 0.25) is 0 Å². The van der Waals surface area contributed by atoms with Crippen LogP contribution in [0.2, 0.25) is 0 Å². The summed E-state index contributed by atoms with van der Waals surface area (Å²) in [6, 6.07) is 2.00. The average molecular weight is 305 g/mol. The van der Waals surface area contributed by atoms with Crippen LogP contribution in [-0.2, 0) is 15.7 Å². The van der Waals surface area contributed by atoms with Gasteiger partial charge in [-0.1, -0.05) is 0 Å². The van der Waals surface area contributed by atoms with Crippen LogP contribution in [0.25, 0.3) is 0 Å². The first-order chi connectivity index (χ1) is 9.41. The van der Waals surface area contributed by atoms with Gasteiger partial charge < -0.3 is 10.1 Å². The van der Waals surface area contributed by atoms with Gasteiger partial charge in [0.25, 0.3) is 0 Å². The maximum absolute atomic E-state index is 12.4. The quantitative estimate of drug-likeness (QED) is 0.867. The third-order valence-corrected chi connectivity index (χ3v) is 3.65. The number of anilines is 1. The normalized spacial score (nSPS) is 13.0. The molecule has 1 heterocycles. The van der Waals surface area contributed by atoms with Crippen molar-refractivity contribution in [3.8, 4) is 0 Å². The molecule has 5 nitrogen and oxygen atoms in total. The van der Waals surface area contributed by atoms with Gasteiger partial charge in [0.05, 0.1) is 12.5 Å². The van der Waals surface area contributed by atoms with Gasteiger partial charge in [-0.2, -0.15) is 13.2 Å². The van der Waals surface area contributed by atoms with E-state index in [1.807, 2.05) is 0 Å². The molecule has 1 aromatic rings. The second-order valence-corrected chi connectivity index (χ2v) is 5.67. The summed E-state index contributed by atoms with van der Waals surface area (Å²) in [6.07, 6.45) is -4.54. The number of hydrogen-bond acceptors (Lipinski definition) is 5. The van der Waals surface area contributed by atoms with Gasteiger partial charge >= 0.3 is 12.1 Å². The van der Waals surface area contributed by atoms with Crippen LogP contribution in [0.1, 0.15) is 33.4 Å². The topological polar surface area (TPSA) is 64.1 Å². The van der Waals surface area contributed by atoms with E-state index in [-0.39, 0.29) is 5.82 Å². The minimum Gasteiger partial charge on any atom is -0.469 e. The van der Waals surface area contributed by atoms with Crippen molar-refractivity contribution in [2.45, 2.75) is 39.4 Å². The van der Waals surface area contributed by atoms with Crippen molar-refractivity contribution in [3.05, 3.63) is 17.8 Å². The molecule has 118 valence electrons. The van der Waals surface area contributed by atoms with Gasteiger partial charge in [-0.05, 0) is 39.8 Å². The molecule has 1 rings (SSSR count). The maximum Gasteiger partial charge on any atom is 0.435 e. The van der Waals surface area contributed by atoms with E-state index in [2.05, 4.69) is 15.5 Å². The van der Waals surface area contributed by atoms with Gasteiger partial charge in [-0.25, -0.2) is 0 Å². The molecule has 0 aliphatic heterocycles. The van der Waals surface area contributed by atoms with Crippen molar-refractivity contribution in [1.29, 1.82) is 0 Å². The van der Waals surface area contributed by atoms with Gasteiger partial charge in [0.1, 0.15) is 5.82 Å². The van der Waals surface area contributed by atoms with Gasteiger partial charge in [-0.3, -0.25) is 4.79 Å². The molecule has 0 saturated heterocycles. The Balaban J connectivity index is 2.97. The van der Waals surface area contributed by atoms with E-state index < -0.39 is 28.8 Å². The number of ether oxygens (including phenoxy) is 1. The highest BCUT2D eigenvalue weighted by atomic mass is 19.4. The molecule has 0 unspecified atom stereocenters. The fraction of sp³-hybridized carbons (Fsp3) is 0.615. The lowest BCUT2D eigenvalue weighted by atomic mass is 9.74. The molecule has 0 atom stereocenters. The largest absolute Gasteiger partial charge is 0.469 e. The molecule has 0 aliphatic rings. The minimum absolute atomic E-state index is 0.143. The van der Waals surface area contributed by atoms with Crippen molar-refractivity contribution in [2.24, 2.45) is 5.41 Å². The Hall–Kier alpha value is -1.86. The zero-order valence-electron chi connectivity index (χ0n) is 12.5. The molecule has 0 saturated carbocycles. The van der Waals surface area contributed by atoms with E-state index in [0.29, 0.717) is 0 Å². The number of alkyl halides is 3. The van der Waals surface area contributed by atoms with E-state index in [1.165, 1.54) is 13.2 Å². The van der Waals surface area contributed by atoms with Crippen molar-refractivity contribution in [2.75, 3.05) is 12.4 Å². The standard InChI is InChI=1S/C13H18F3N3O2/c1-11(2,10(20)21-5)12(3,4)17-9-7-6-8(18-19-9)13(14,15)16/h6-7H,1-5H3,(H,17,19). The molecule has 21 heavy (non-hydrogen) atoms. The van der Waals surface area contributed by atoms with Gasteiger partial charge in [0, 0.05) is 5.54 Å². The fourth-order valence-corrected chi connectivity index (χ4v) is 1.54. The molecule has 0 aliphatic carbocycles. The second kappa shape index (κ2) is 5.50. The summed E-state index contributed by atoms with van der Waals surface area (Å²) >= 11 is 0. The Morgan fingerprint density at radius 3 is 2.10 bits per heavy atom. The molecule has 0 bridgehead atoms. The highest BCUT2D eigenvalue weighted by molar-refractivity contribution is 5.78. The number of esters is 1. The predicted molar refractivity (Wildman–Crippen MR) is 70.5 cm³/mol. The summed E-state index contributed by atoms with van der Waals surface area (Å²) in [6.45, 7) is 6.79. The van der Waals surface area contributed by atoms with Crippen LogP contribution in [0.3, 0.4) is 0 Å². The number of hydrogen-bond donors (Lipinski definition) is 1. The SMILES string of the molecule is COC(=O)C(C)(C)C(C)(C)Nc1ccc(C(F)(F)F)nn1. The summed E-state index contributed by atoms with van der Waals surface area (Å²) in [5.74, 6) is -0.301. The first-order valence-electron chi connectivity index (χ1n) is 6.19. The first-order valence-corrected chi connectivity index (χ1v) is 6.19. The molecular weight excluding hydrogens is 287 g/mol. The lowest BCUT2D eigenvalue weighted by Gasteiger charge is -2.39. The van der Waals surface area contributed by atoms with Crippen LogP contribution in [0.5, 0.6) is 0 Å². The van der Waals surface area contributed by atoms with E-state index in [4.69, 9.17) is 4.74 Å². The molecule has 0 amide bonds. The van der Waals surface area contributed by atoms with E-state index >= 15 is 0 Å². The van der Waals surface area contributed by atoms with Gasteiger partial charge in [-0.15, -0.1) is 10.2 Å². The molecule has 0 radical (unpaired) electrons. The van der Waals surface area contributed by atoms with Crippen molar-refractivity contribution < 1.29 is 22.7 Å². The fourth-order valence-electron chi connectivity index (χ4n) is 1.54. The smallest absolute Gasteiger partial charge is 0.435 e. The van der Waals surface area contributed by atoms with Crippen LogP contribution in [-0.4, -0.2) is 28.8 Å². The average Bonchev–Trinajstić information content (AvgIpc) is 2.36. The summed E-state index contributed by atoms with van der Waals surface area (Å²) in [4.78, 5) is 11.8. The van der Waals surface area contributed by atoms with Crippen LogP contribution in [0.4, 0.5) is 19.0 Å². The highest BCUT2D eigenvalue weighted by Gasteiger charge is 2.44. The summed E-state index contributed by atoms with van der Waals surface area (Å²) in [5, 5.41) is 9.53. The molecule has 8 heteroatoms. The molecule has 0 fully saturated rings. The Bertz CT molecular complexity index is 510. The molecule has 0 spiro atoms. The monoisotopic (exact) mass is 305 g/mol. The summed E-state index contributed by atoms with van der Waals surface area (Å²) < 4.78 is 42.0. The Kier molecular flexibility index (Phi) is 4.50. The van der Waals surface area contributed by atoms with Crippen LogP contribution >= 0.6 is 0 Å². The van der Waals surface area contributed by atoms with Crippen molar-refractivity contribution in [1.82, 2.24) is 10.2 Å². The Morgan fingerprint density at radius 1 is 1.14 bits per heavy atom. The zero-order valence-corrected chi connectivity index (χ0v) is 12.5. The number of methoxy groups -OCH3 is 1. The highest BCUT2D eigenvalue weighted by Crippen LogP contribution is 2.34. The third-order valence-electron chi connectivity index (χ3n) is 3.65. The lowest BCUT2D eigenvalue weighted by Crippen LogP contribution is -2.51. The molecular formula is C13H18F3N3O2. The molecule has 0 aromatic carbocycles. The number of halogens is 3. The number of nitrogens with one attached hydrogen (secondary N) is 1. The first kappa shape index (κ1) is 17.2. The second-order valence-electron chi connectivity index (χ2n) is 5.67. The number of rotatable bonds is 4. The van der Waals surface area contributed by atoms with Crippen LogP contribution in [0.15, 0.2) is 12.1 Å². The van der Waals surface area contributed by atoms with Crippen LogP contribution < -0.4 is 5.32 Å². The number of carbonyl (C=O) groups excluding carboxylic acids is 1. The third kappa shape index (κ3) is 3.62. The zero-order chi connectivity index (χ0) is 16.5. The molecule has 1 aromatic heterocycles. The number of aromatic nitrogens is 2. The van der Waals surface area contributed by atoms with E-state index in [1.54, 1.807) is 27.7 Å². The summed E-state index contributed by atoms with van der Waals surface area (Å²) in [7, 11) is 1.28. The minimum atomic E-state index is -4.54. The van der Waals surface area contributed by atoms with Crippen molar-refractivity contribution in [3.63, 3.8) is 0 Å². The lowest BCUT2D eigenvalue weighted by molar-refractivity contribution is -0.153. The van der Waals surface area contributed by atoms with E-state index in [9.17, 15) is 18.0 Å². The van der Waals surface area contributed by atoms with Gasteiger partial charge in [0.15, 0.2) is 5.69 Å². The van der Waals surface area contributed by atoms with E-state index in [0.717, 1.165) is 6.07 Å². The number of nitrogens with zero attached hydrogens (tertiary/aromatic N) is 2. The summed E-state index contributed by atoms with van der Waals surface area (Å²) in [5.41, 5.74) is -2.81. The number of carbonyl (C=O) groups is 1. The predicted octanol–water partition coefficient (Wildman–Crippen LogP) is 2.89. The Labute approximate surface area is 120 Å². The molecule has 1 N–H and O–H groups in total. The van der Waals surface area contributed by atoms with Crippen molar-refractivity contribution >= 4 is 11.8 Å².